The molecule has 2 saturated carbocycles. The average Bonchev–Trinajstić information content (AvgIpc) is 3.31. The molecule has 1 aromatic rings. The third-order valence-electron chi connectivity index (χ3n) is 7.18. The van der Waals surface area contributed by atoms with Crippen LogP contribution in [-0.4, -0.2) is 62.0 Å². The van der Waals surface area contributed by atoms with E-state index in [1.165, 1.54) is 43.4 Å². The summed E-state index contributed by atoms with van der Waals surface area (Å²) >= 11 is 6.17. The standard InChI is InChI=1S/C23H35ClN2O2/c1-17-2-5-21(24)14-23(17)26-9-7-25(8-10-26)15-22(27)16-28-11-6-20-13-18-3-4-19(20)12-18/h2,5,14,18-20,22,27H,3-4,6-13,15-16H2,1H3/t18-,19-,20+,22+/m0/s1. The van der Waals surface area contributed by atoms with Crippen molar-refractivity contribution in [2.45, 2.75) is 45.1 Å². The number of hydrogen-bond acceptors (Lipinski definition) is 4. The van der Waals surface area contributed by atoms with Crippen molar-refractivity contribution >= 4 is 17.3 Å². The number of β-amino-alcohol motifs (C(OH)–C–C–N with tert-alkyl or cyclic N) is 1. The molecule has 0 spiro atoms. The fraction of sp³-hybridized carbons (Fsp3) is 0.739. The molecule has 0 amide bonds. The van der Waals surface area contributed by atoms with Crippen molar-refractivity contribution in [3.05, 3.63) is 28.8 Å². The van der Waals surface area contributed by atoms with Gasteiger partial charge in [-0.3, -0.25) is 4.90 Å². The van der Waals surface area contributed by atoms with E-state index in [-0.39, 0.29) is 6.10 Å². The Bertz CT molecular complexity index is 647. The number of aliphatic hydroxyl groups is 1. The highest BCUT2D eigenvalue weighted by atomic mass is 35.5. The zero-order chi connectivity index (χ0) is 19.5. The molecule has 4 atom stereocenters. The molecule has 3 aliphatic rings. The zero-order valence-electron chi connectivity index (χ0n) is 17.2. The van der Waals surface area contributed by atoms with Gasteiger partial charge in [-0.05, 0) is 68.1 Å². The van der Waals surface area contributed by atoms with Crippen molar-refractivity contribution in [1.29, 1.82) is 0 Å². The predicted octanol–water partition coefficient (Wildman–Crippen LogP) is 3.97. The topological polar surface area (TPSA) is 35.9 Å². The van der Waals surface area contributed by atoms with E-state index >= 15 is 0 Å². The van der Waals surface area contributed by atoms with E-state index in [1.54, 1.807) is 0 Å². The number of halogens is 1. The van der Waals surface area contributed by atoms with E-state index in [1.807, 2.05) is 6.07 Å². The van der Waals surface area contributed by atoms with Crippen molar-refractivity contribution in [3.8, 4) is 0 Å². The fourth-order valence-electron chi connectivity index (χ4n) is 5.63. The van der Waals surface area contributed by atoms with Crippen LogP contribution in [0.5, 0.6) is 0 Å². The highest BCUT2D eigenvalue weighted by molar-refractivity contribution is 6.30. The summed E-state index contributed by atoms with van der Waals surface area (Å²) in [6.07, 6.45) is 6.59. The summed E-state index contributed by atoms with van der Waals surface area (Å²) in [4.78, 5) is 4.75. The second kappa shape index (κ2) is 9.34. The van der Waals surface area contributed by atoms with E-state index in [0.29, 0.717) is 13.2 Å². The van der Waals surface area contributed by atoms with Crippen LogP contribution in [0.4, 0.5) is 5.69 Å². The van der Waals surface area contributed by atoms with Crippen LogP contribution in [0, 0.1) is 24.7 Å². The minimum Gasteiger partial charge on any atom is -0.389 e. The SMILES string of the molecule is Cc1ccc(Cl)cc1N1CCN(C[C@@H](O)COCC[C@@H]2C[C@H]3CC[C@H]2C3)CC1. The summed E-state index contributed by atoms with van der Waals surface area (Å²) in [7, 11) is 0. The number of benzene rings is 1. The Hall–Kier alpha value is -0.810. The molecule has 0 radical (unpaired) electrons. The molecule has 28 heavy (non-hydrogen) atoms. The number of nitrogens with zero attached hydrogens (tertiary/aromatic N) is 2. The van der Waals surface area contributed by atoms with E-state index in [9.17, 15) is 5.11 Å². The quantitative estimate of drug-likeness (QED) is 0.662. The largest absolute Gasteiger partial charge is 0.389 e. The molecular formula is C23H35ClN2O2. The number of piperazine rings is 1. The third kappa shape index (κ3) is 5.02. The number of anilines is 1. The second-order valence-corrected chi connectivity index (χ2v) is 9.61. The van der Waals surface area contributed by atoms with E-state index in [0.717, 1.165) is 55.6 Å². The highest BCUT2D eigenvalue weighted by Gasteiger charge is 2.38. The molecule has 156 valence electrons. The maximum atomic E-state index is 10.4. The molecule has 1 heterocycles. The van der Waals surface area contributed by atoms with Gasteiger partial charge in [-0.2, -0.15) is 0 Å². The number of ether oxygens (including phenoxy) is 1. The van der Waals surface area contributed by atoms with Gasteiger partial charge in [-0.1, -0.05) is 24.1 Å². The summed E-state index contributed by atoms with van der Waals surface area (Å²) in [6, 6.07) is 6.09. The van der Waals surface area contributed by atoms with Gasteiger partial charge in [0.1, 0.15) is 0 Å². The number of aliphatic hydroxyl groups excluding tert-OH is 1. The molecule has 0 aromatic heterocycles. The summed E-state index contributed by atoms with van der Waals surface area (Å²) < 4.78 is 5.82. The Kier molecular flexibility index (Phi) is 6.82. The second-order valence-electron chi connectivity index (χ2n) is 9.17. The molecule has 5 heteroatoms. The number of aryl methyl sites for hydroxylation is 1. The molecule has 0 unspecified atom stereocenters. The first kappa shape index (κ1) is 20.5. The highest BCUT2D eigenvalue weighted by Crippen LogP contribution is 2.49. The summed E-state index contributed by atoms with van der Waals surface area (Å²) in [5.74, 6) is 2.87. The van der Waals surface area contributed by atoms with Crippen LogP contribution in [0.1, 0.15) is 37.7 Å². The lowest BCUT2D eigenvalue weighted by molar-refractivity contribution is 0.0100. The molecule has 1 aromatic carbocycles. The molecule has 4 rings (SSSR count). The Morgan fingerprint density at radius 1 is 1.18 bits per heavy atom. The molecule has 2 aliphatic carbocycles. The minimum atomic E-state index is -0.389. The van der Waals surface area contributed by atoms with Crippen LogP contribution in [0.15, 0.2) is 18.2 Å². The van der Waals surface area contributed by atoms with Gasteiger partial charge in [-0.25, -0.2) is 0 Å². The van der Waals surface area contributed by atoms with Crippen LogP contribution < -0.4 is 4.90 Å². The van der Waals surface area contributed by atoms with Crippen molar-refractivity contribution < 1.29 is 9.84 Å². The normalized spacial score (nSPS) is 28.8. The molecule has 4 nitrogen and oxygen atoms in total. The summed E-state index contributed by atoms with van der Waals surface area (Å²) in [5.41, 5.74) is 2.50. The molecule has 1 N–H and O–H groups in total. The monoisotopic (exact) mass is 406 g/mol. The van der Waals surface area contributed by atoms with Crippen molar-refractivity contribution in [1.82, 2.24) is 4.90 Å². The number of fused-ring (bicyclic) bond motifs is 2. The number of hydrogen-bond donors (Lipinski definition) is 1. The lowest BCUT2D eigenvalue weighted by Crippen LogP contribution is -2.49. The molecule has 3 fully saturated rings. The molecule has 1 aliphatic heterocycles. The van der Waals surface area contributed by atoms with Gasteiger partial charge in [0.25, 0.3) is 0 Å². The first-order chi connectivity index (χ1) is 13.6. The van der Waals surface area contributed by atoms with Crippen LogP contribution in [0.3, 0.4) is 0 Å². The van der Waals surface area contributed by atoms with Gasteiger partial charge >= 0.3 is 0 Å². The maximum Gasteiger partial charge on any atom is 0.0900 e. The van der Waals surface area contributed by atoms with Crippen LogP contribution in [0.2, 0.25) is 5.02 Å². The summed E-state index contributed by atoms with van der Waals surface area (Å²) in [6.45, 7) is 7.99. The molecular weight excluding hydrogens is 372 g/mol. The van der Waals surface area contributed by atoms with E-state index in [4.69, 9.17) is 16.3 Å². The minimum absolute atomic E-state index is 0.389. The van der Waals surface area contributed by atoms with Gasteiger partial charge in [-0.15, -0.1) is 0 Å². The average molecular weight is 407 g/mol. The van der Waals surface area contributed by atoms with Crippen LogP contribution in [-0.2, 0) is 4.74 Å². The van der Waals surface area contributed by atoms with Gasteiger partial charge < -0.3 is 14.7 Å². The van der Waals surface area contributed by atoms with Crippen LogP contribution >= 0.6 is 11.6 Å². The third-order valence-corrected chi connectivity index (χ3v) is 7.42. The van der Waals surface area contributed by atoms with Crippen molar-refractivity contribution in [3.63, 3.8) is 0 Å². The Morgan fingerprint density at radius 3 is 2.71 bits per heavy atom. The molecule has 2 bridgehead atoms. The van der Waals surface area contributed by atoms with Gasteiger partial charge in [0, 0.05) is 50.0 Å². The van der Waals surface area contributed by atoms with Gasteiger partial charge in [0.15, 0.2) is 0 Å². The van der Waals surface area contributed by atoms with E-state index in [2.05, 4.69) is 28.9 Å². The van der Waals surface area contributed by atoms with Crippen LogP contribution in [0.25, 0.3) is 0 Å². The Morgan fingerprint density at radius 2 is 2.00 bits per heavy atom. The first-order valence-electron chi connectivity index (χ1n) is 11.1. The zero-order valence-corrected chi connectivity index (χ0v) is 17.9. The summed E-state index contributed by atoms with van der Waals surface area (Å²) in [5, 5.41) is 11.2. The number of rotatable bonds is 8. The molecule has 1 saturated heterocycles. The lowest BCUT2D eigenvalue weighted by atomic mass is 9.87. The first-order valence-corrected chi connectivity index (χ1v) is 11.5. The Balaban J connectivity index is 1.12. The van der Waals surface area contributed by atoms with Gasteiger partial charge in [0.05, 0.1) is 12.7 Å². The maximum absolute atomic E-state index is 10.4. The fourth-order valence-corrected chi connectivity index (χ4v) is 5.80. The van der Waals surface area contributed by atoms with Crippen molar-refractivity contribution in [2.24, 2.45) is 17.8 Å². The Labute approximate surface area is 174 Å². The van der Waals surface area contributed by atoms with Crippen molar-refractivity contribution in [2.75, 3.05) is 50.8 Å². The lowest BCUT2D eigenvalue weighted by Gasteiger charge is -2.37. The predicted molar refractivity (Wildman–Crippen MR) is 115 cm³/mol. The van der Waals surface area contributed by atoms with E-state index < -0.39 is 0 Å². The smallest absolute Gasteiger partial charge is 0.0900 e. The van der Waals surface area contributed by atoms with Gasteiger partial charge in [0.2, 0.25) is 0 Å².